The summed E-state index contributed by atoms with van der Waals surface area (Å²) in [7, 11) is 3.00. The number of carbonyl (C=O) groups is 2. The molecule has 0 saturated heterocycles. The zero-order valence-corrected chi connectivity index (χ0v) is 22.9. The van der Waals surface area contributed by atoms with Crippen molar-refractivity contribution in [3.63, 3.8) is 0 Å². The van der Waals surface area contributed by atoms with E-state index >= 15 is 0 Å². The average molecular weight is 539 g/mol. The van der Waals surface area contributed by atoms with Gasteiger partial charge >= 0.3 is 6.09 Å². The molecule has 0 aromatic carbocycles. The summed E-state index contributed by atoms with van der Waals surface area (Å²) in [5.41, 5.74) is -0.478. The maximum Gasteiger partial charge on any atom is 0.408 e. The van der Waals surface area contributed by atoms with Crippen molar-refractivity contribution in [1.82, 2.24) is 15.1 Å². The SMILES string of the molecule is CC(C)(C)OC(=O)NC(C=O)C(C1CC1)C1CC1.CNc1cnn(C(C)/C(=C/C(=N)C(F)F)C(=N)OC)c1. The van der Waals surface area contributed by atoms with Crippen LogP contribution in [0.1, 0.15) is 59.4 Å². The second-order valence-corrected chi connectivity index (χ2v) is 10.6. The Morgan fingerprint density at radius 2 is 1.79 bits per heavy atom. The lowest BCUT2D eigenvalue weighted by Gasteiger charge is -2.26. The van der Waals surface area contributed by atoms with Gasteiger partial charge in [-0.15, -0.1) is 0 Å². The molecule has 1 amide bonds. The number of methoxy groups -OCH3 is 1. The van der Waals surface area contributed by atoms with E-state index in [-0.39, 0.29) is 17.5 Å². The number of alkyl halides is 2. The summed E-state index contributed by atoms with van der Waals surface area (Å²) < 4.78 is 36.4. The molecule has 0 spiro atoms. The fraction of sp³-hybridized carbons (Fsp3) is 0.654. The number of allylic oxidation sites excluding steroid dienone is 1. The Bertz CT molecular complexity index is 1000. The largest absolute Gasteiger partial charge is 0.481 e. The molecular formula is C26H40F2N6O4. The van der Waals surface area contributed by atoms with Crippen molar-refractivity contribution in [3.8, 4) is 0 Å². The normalized spacial score (nSPS) is 17.2. The van der Waals surface area contributed by atoms with Crippen LogP contribution in [0.2, 0.25) is 0 Å². The number of halogens is 2. The number of aldehydes is 1. The second-order valence-electron chi connectivity index (χ2n) is 10.6. The number of hydrogen-bond acceptors (Lipinski definition) is 8. The predicted octanol–water partition coefficient (Wildman–Crippen LogP) is 4.84. The predicted molar refractivity (Wildman–Crippen MR) is 141 cm³/mol. The third-order valence-electron chi connectivity index (χ3n) is 6.33. The molecule has 1 heterocycles. The highest BCUT2D eigenvalue weighted by atomic mass is 19.3. The molecule has 0 aliphatic heterocycles. The molecule has 2 aliphatic carbocycles. The molecule has 1 aromatic heterocycles. The summed E-state index contributed by atoms with van der Waals surface area (Å²) in [6.07, 6.45) is 6.48. The third-order valence-corrected chi connectivity index (χ3v) is 6.33. The molecule has 3 rings (SSSR count). The first kappa shape index (κ1) is 30.9. The molecular weight excluding hydrogens is 498 g/mol. The van der Waals surface area contributed by atoms with Crippen LogP contribution in [-0.2, 0) is 14.3 Å². The smallest absolute Gasteiger partial charge is 0.408 e. The number of rotatable bonds is 11. The quantitative estimate of drug-likeness (QED) is 0.180. The van der Waals surface area contributed by atoms with E-state index in [2.05, 4.69) is 15.7 Å². The van der Waals surface area contributed by atoms with Crippen molar-refractivity contribution in [2.24, 2.45) is 17.8 Å². The second kappa shape index (κ2) is 13.5. The molecule has 2 fully saturated rings. The standard InChI is InChI=1S/C14H23NO3.C12H17F2N5O/c1-14(2,3)18-13(17)15-11(8-16)12(9-4-5-9)10-6-7-10;1-7(19-6-8(17-2)5-18-19)9(12(16)20-3)4-10(15)11(13)14/h8-12H,4-7H2,1-3H3,(H,15,17);4-7,11,15-17H,1-3H3/b;9-4-,15-10?,16-12?. The first-order valence-electron chi connectivity index (χ1n) is 12.7. The summed E-state index contributed by atoms with van der Waals surface area (Å²) >= 11 is 0. The zero-order chi connectivity index (χ0) is 28.6. The molecule has 0 radical (unpaired) electrons. The van der Waals surface area contributed by atoms with Gasteiger partial charge in [0.2, 0.25) is 5.90 Å². The first-order valence-corrected chi connectivity index (χ1v) is 12.7. The minimum atomic E-state index is -2.90. The van der Waals surface area contributed by atoms with Crippen LogP contribution in [0.3, 0.4) is 0 Å². The highest BCUT2D eigenvalue weighted by Crippen LogP contribution is 2.50. The highest BCUT2D eigenvalue weighted by Gasteiger charge is 2.46. The van der Waals surface area contributed by atoms with Gasteiger partial charge in [-0.25, -0.2) is 13.6 Å². The van der Waals surface area contributed by atoms with Crippen LogP contribution in [0.25, 0.3) is 0 Å². The zero-order valence-electron chi connectivity index (χ0n) is 22.9. The van der Waals surface area contributed by atoms with Gasteiger partial charge in [-0.2, -0.15) is 5.10 Å². The lowest BCUT2D eigenvalue weighted by atomic mass is 9.90. The number of hydrogen-bond donors (Lipinski definition) is 4. The van der Waals surface area contributed by atoms with E-state index in [1.807, 2.05) is 20.8 Å². The maximum atomic E-state index is 12.5. The van der Waals surface area contributed by atoms with Gasteiger partial charge < -0.3 is 24.9 Å². The van der Waals surface area contributed by atoms with Crippen LogP contribution in [0.15, 0.2) is 24.0 Å². The summed E-state index contributed by atoms with van der Waals surface area (Å²) in [5, 5.41) is 24.6. The fourth-order valence-electron chi connectivity index (χ4n) is 4.14. The minimum Gasteiger partial charge on any atom is -0.481 e. The fourth-order valence-corrected chi connectivity index (χ4v) is 4.14. The van der Waals surface area contributed by atoms with Crippen LogP contribution in [0.5, 0.6) is 0 Å². The van der Waals surface area contributed by atoms with Gasteiger partial charge in [-0.05, 0) is 77.2 Å². The molecule has 0 bridgehead atoms. The number of ether oxygens (including phenoxy) is 2. The van der Waals surface area contributed by atoms with Crippen molar-refractivity contribution in [3.05, 3.63) is 24.0 Å². The summed E-state index contributed by atoms with van der Waals surface area (Å²) in [4.78, 5) is 23.0. The highest BCUT2D eigenvalue weighted by molar-refractivity contribution is 6.03. The summed E-state index contributed by atoms with van der Waals surface area (Å²) in [6.45, 7) is 7.15. The minimum absolute atomic E-state index is 0.156. The van der Waals surface area contributed by atoms with Gasteiger partial charge in [-0.1, -0.05) is 0 Å². The molecule has 2 aliphatic rings. The lowest BCUT2D eigenvalue weighted by molar-refractivity contribution is -0.111. The van der Waals surface area contributed by atoms with Crippen molar-refractivity contribution < 1.29 is 27.8 Å². The van der Waals surface area contributed by atoms with Crippen molar-refractivity contribution in [2.45, 2.75) is 77.5 Å². The Hall–Kier alpha value is -3.31. The van der Waals surface area contributed by atoms with Crippen molar-refractivity contribution in [2.75, 3.05) is 19.5 Å². The molecule has 38 heavy (non-hydrogen) atoms. The van der Waals surface area contributed by atoms with Gasteiger partial charge in [0.05, 0.1) is 36.8 Å². The number of carbonyl (C=O) groups excluding carboxylic acids is 2. The average Bonchev–Trinajstić information content (AvgIpc) is 3.79. The number of amides is 1. The van der Waals surface area contributed by atoms with Gasteiger partial charge in [0.1, 0.15) is 11.9 Å². The van der Waals surface area contributed by atoms with E-state index in [9.17, 15) is 18.4 Å². The Balaban J connectivity index is 0.000000268. The lowest BCUT2D eigenvalue weighted by Crippen LogP contribution is -2.45. The van der Waals surface area contributed by atoms with E-state index in [1.165, 1.54) is 37.5 Å². The van der Waals surface area contributed by atoms with E-state index < -0.39 is 29.9 Å². The van der Waals surface area contributed by atoms with Crippen LogP contribution in [-0.4, -0.2) is 66.0 Å². The Morgan fingerprint density at radius 1 is 1.21 bits per heavy atom. The Kier molecular flexibility index (Phi) is 11.0. The van der Waals surface area contributed by atoms with Gasteiger partial charge in [0, 0.05) is 18.8 Å². The number of nitrogens with zero attached hydrogens (tertiary/aromatic N) is 2. The maximum absolute atomic E-state index is 12.5. The topological polar surface area (TPSA) is 142 Å². The summed E-state index contributed by atoms with van der Waals surface area (Å²) in [6, 6.07) is -0.886. The number of aromatic nitrogens is 2. The van der Waals surface area contributed by atoms with E-state index in [0.29, 0.717) is 17.8 Å². The molecule has 10 nitrogen and oxygen atoms in total. The van der Waals surface area contributed by atoms with Crippen LogP contribution < -0.4 is 10.6 Å². The van der Waals surface area contributed by atoms with Crippen LogP contribution in [0, 0.1) is 28.6 Å². The molecule has 2 saturated carbocycles. The number of nitrogens with one attached hydrogen (secondary N) is 4. The van der Waals surface area contributed by atoms with Crippen LogP contribution in [0.4, 0.5) is 19.3 Å². The number of alkyl carbamates (subject to hydrolysis) is 1. The summed E-state index contributed by atoms with van der Waals surface area (Å²) in [5.74, 6) is 1.31. The van der Waals surface area contributed by atoms with E-state index in [1.54, 1.807) is 26.4 Å². The third kappa shape index (κ3) is 9.53. The molecule has 2 unspecified atom stereocenters. The monoisotopic (exact) mass is 538 g/mol. The van der Waals surface area contributed by atoms with Crippen LogP contribution >= 0.6 is 0 Å². The molecule has 2 atom stereocenters. The molecule has 1 aromatic rings. The molecule has 4 N–H and O–H groups in total. The van der Waals surface area contributed by atoms with Gasteiger partial charge in [0.25, 0.3) is 6.43 Å². The number of anilines is 1. The Morgan fingerprint density at radius 3 is 2.18 bits per heavy atom. The van der Waals surface area contributed by atoms with E-state index in [4.69, 9.17) is 20.3 Å². The first-order chi connectivity index (χ1) is 17.8. The van der Waals surface area contributed by atoms with Crippen molar-refractivity contribution in [1.29, 1.82) is 10.8 Å². The van der Waals surface area contributed by atoms with Crippen molar-refractivity contribution >= 4 is 29.7 Å². The Labute approximate surface area is 222 Å². The van der Waals surface area contributed by atoms with Gasteiger partial charge in [0.15, 0.2) is 0 Å². The van der Waals surface area contributed by atoms with Gasteiger partial charge in [-0.3, -0.25) is 15.5 Å². The molecule has 12 heteroatoms. The molecule has 212 valence electrons. The van der Waals surface area contributed by atoms with E-state index in [0.717, 1.165) is 18.0 Å².